The van der Waals surface area contributed by atoms with E-state index in [2.05, 4.69) is 15.7 Å². The Hall–Kier alpha value is -2.36. The molecule has 1 aromatic heterocycles. The van der Waals surface area contributed by atoms with Crippen LogP contribution >= 0.6 is 11.6 Å². The number of carbonyl (C=O) groups is 1. The zero-order chi connectivity index (χ0) is 20.1. The van der Waals surface area contributed by atoms with E-state index >= 15 is 0 Å². The minimum absolute atomic E-state index is 0.210. The van der Waals surface area contributed by atoms with Gasteiger partial charge in [-0.25, -0.2) is 9.99 Å². The number of nitrogens with one attached hydrogen (secondary N) is 2. The third kappa shape index (κ3) is 5.57. The van der Waals surface area contributed by atoms with Crippen LogP contribution in [0.4, 0.5) is 13.2 Å². The molecule has 1 amide bonds. The van der Waals surface area contributed by atoms with Gasteiger partial charge in [0.1, 0.15) is 0 Å². The molecule has 0 unspecified atom stereocenters. The van der Waals surface area contributed by atoms with Crippen molar-refractivity contribution in [2.75, 3.05) is 32.8 Å². The van der Waals surface area contributed by atoms with Gasteiger partial charge in [-0.1, -0.05) is 23.7 Å². The normalized spacial score (nSPS) is 15.3. The Morgan fingerprint density at radius 1 is 1.25 bits per heavy atom. The number of benzene rings is 1. The molecule has 2 heterocycles. The van der Waals surface area contributed by atoms with Crippen molar-refractivity contribution in [3.63, 3.8) is 0 Å². The fourth-order valence-corrected chi connectivity index (χ4v) is 2.79. The van der Waals surface area contributed by atoms with E-state index in [0.29, 0.717) is 23.7 Å². The van der Waals surface area contributed by atoms with Gasteiger partial charge in [-0.2, -0.15) is 13.2 Å². The number of aromatic nitrogens is 1. The maximum atomic E-state index is 12.6. The molecule has 0 radical (unpaired) electrons. The summed E-state index contributed by atoms with van der Waals surface area (Å²) < 4.78 is 42.5. The molecule has 3 rings (SSSR count). The fourth-order valence-electron chi connectivity index (χ4n) is 2.66. The second-order valence-corrected chi connectivity index (χ2v) is 6.60. The third-order valence-corrected chi connectivity index (χ3v) is 4.27. The number of piperazine rings is 1. The number of carbonyl (C=O) groups excluding carboxylic acids is 1. The standard InChI is InChI=1S/C18H18ClF3N4O2/c19-14-3-1-12(2-4-14)15-9-13(10-24-17(15)28-11-18(20,21)22)16(27)25-26-7-5-23-6-8-26/h1-4,9-10,23H,5-8,11H2,(H,25,27). The van der Waals surface area contributed by atoms with Crippen LogP contribution in [0.25, 0.3) is 11.1 Å². The average molecular weight is 415 g/mol. The van der Waals surface area contributed by atoms with Crippen LogP contribution in [-0.4, -0.2) is 54.9 Å². The van der Waals surface area contributed by atoms with Gasteiger partial charge in [-0.15, -0.1) is 0 Å². The Morgan fingerprint density at radius 2 is 1.93 bits per heavy atom. The van der Waals surface area contributed by atoms with Crippen molar-refractivity contribution in [2.24, 2.45) is 0 Å². The van der Waals surface area contributed by atoms with E-state index in [-0.39, 0.29) is 17.0 Å². The number of pyridine rings is 1. The summed E-state index contributed by atoms with van der Waals surface area (Å²) in [6.07, 6.45) is -3.31. The number of halogens is 4. The zero-order valence-corrected chi connectivity index (χ0v) is 15.5. The number of hydrogen-bond donors (Lipinski definition) is 2. The summed E-state index contributed by atoms with van der Waals surface area (Å²) in [4.78, 5) is 16.5. The third-order valence-electron chi connectivity index (χ3n) is 4.02. The number of ether oxygens (including phenoxy) is 1. The minimum Gasteiger partial charge on any atom is -0.468 e. The molecule has 0 saturated carbocycles. The van der Waals surface area contributed by atoms with Crippen LogP contribution in [0.2, 0.25) is 5.02 Å². The highest BCUT2D eigenvalue weighted by molar-refractivity contribution is 6.30. The van der Waals surface area contributed by atoms with Gasteiger partial charge in [0.2, 0.25) is 5.88 Å². The van der Waals surface area contributed by atoms with Crippen molar-refractivity contribution < 1.29 is 22.7 Å². The van der Waals surface area contributed by atoms with E-state index in [1.54, 1.807) is 29.3 Å². The first-order valence-electron chi connectivity index (χ1n) is 8.54. The molecule has 150 valence electrons. The highest BCUT2D eigenvalue weighted by Crippen LogP contribution is 2.31. The molecule has 2 N–H and O–H groups in total. The Balaban J connectivity index is 1.86. The first-order valence-corrected chi connectivity index (χ1v) is 8.92. The highest BCUT2D eigenvalue weighted by atomic mass is 35.5. The number of hydrogen-bond acceptors (Lipinski definition) is 5. The maximum absolute atomic E-state index is 12.6. The zero-order valence-electron chi connectivity index (χ0n) is 14.7. The lowest BCUT2D eigenvalue weighted by Gasteiger charge is -2.27. The largest absolute Gasteiger partial charge is 0.468 e. The molecule has 0 atom stereocenters. The van der Waals surface area contributed by atoms with E-state index < -0.39 is 18.7 Å². The Kier molecular flexibility index (Phi) is 6.38. The molecule has 1 fully saturated rings. The summed E-state index contributed by atoms with van der Waals surface area (Å²) >= 11 is 5.88. The number of amides is 1. The van der Waals surface area contributed by atoms with Gasteiger partial charge >= 0.3 is 6.18 Å². The topological polar surface area (TPSA) is 66.5 Å². The van der Waals surface area contributed by atoms with Gasteiger partial charge in [-0.05, 0) is 23.8 Å². The first-order chi connectivity index (χ1) is 13.3. The van der Waals surface area contributed by atoms with Crippen molar-refractivity contribution in [2.45, 2.75) is 6.18 Å². The highest BCUT2D eigenvalue weighted by Gasteiger charge is 2.29. The number of hydrazine groups is 1. The van der Waals surface area contributed by atoms with E-state index in [0.717, 1.165) is 13.1 Å². The summed E-state index contributed by atoms with van der Waals surface area (Å²) in [5.74, 6) is -0.606. The van der Waals surface area contributed by atoms with Gasteiger partial charge < -0.3 is 10.1 Å². The minimum atomic E-state index is -4.50. The summed E-state index contributed by atoms with van der Waals surface area (Å²) in [5, 5.41) is 5.42. The van der Waals surface area contributed by atoms with Crippen molar-refractivity contribution in [3.05, 3.63) is 47.1 Å². The molecule has 0 spiro atoms. The van der Waals surface area contributed by atoms with E-state index in [9.17, 15) is 18.0 Å². The summed E-state index contributed by atoms with van der Waals surface area (Å²) in [6, 6.07) is 7.89. The summed E-state index contributed by atoms with van der Waals surface area (Å²) in [5.41, 5.74) is 3.79. The maximum Gasteiger partial charge on any atom is 0.422 e. The van der Waals surface area contributed by atoms with Crippen LogP contribution in [0, 0.1) is 0 Å². The lowest BCUT2D eigenvalue weighted by molar-refractivity contribution is -0.154. The van der Waals surface area contributed by atoms with Gasteiger partial charge in [0.15, 0.2) is 6.61 Å². The molecule has 2 aromatic rings. The molecule has 1 saturated heterocycles. The molecule has 1 aliphatic heterocycles. The Bertz CT molecular complexity index is 825. The summed E-state index contributed by atoms with van der Waals surface area (Å²) in [7, 11) is 0. The van der Waals surface area contributed by atoms with Crippen LogP contribution in [0.5, 0.6) is 5.88 Å². The molecule has 0 bridgehead atoms. The molecular weight excluding hydrogens is 397 g/mol. The van der Waals surface area contributed by atoms with E-state index in [4.69, 9.17) is 16.3 Å². The van der Waals surface area contributed by atoms with Gasteiger partial charge in [-0.3, -0.25) is 10.2 Å². The predicted molar refractivity (Wildman–Crippen MR) is 98.1 cm³/mol. The summed E-state index contributed by atoms with van der Waals surface area (Å²) in [6.45, 7) is 1.32. The van der Waals surface area contributed by atoms with E-state index in [1.165, 1.54) is 12.3 Å². The van der Waals surface area contributed by atoms with Crippen LogP contribution in [0.15, 0.2) is 36.5 Å². The van der Waals surface area contributed by atoms with Gasteiger partial charge in [0.05, 0.1) is 5.56 Å². The Labute approximate surface area is 164 Å². The van der Waals surface area contributed by atoms with Gasteiger partial charge in [0.25, 0.3) is 5.91 Å². The lowest BCUT2D eigenvalue weighted by Crippen LogP contribution is -2.52. The first kappa shape index (κ1) is 20.4. The van der Waals surface area contributed by atoms with E-state index in [1.807, 2.05) is 0 Å². The molecule has 10 heteroatoms. The van der Waals surface area contributed by atoms with Crippen LogP contribution < -0.4 is 15.5 Å². The van der Waals surface area contributed by atoms with Crippen LogP contribution in [-0.2, 0) is 0 Å². The SMILES string of the molecule is O=C(NN1CCNCC1)c1cnc(OCC(F)(F)F)c(-c2ccc(Cl)cc2)c1. The quantitative estimate of drug-likeness (QED) is 0.787. The fraction of sp³-hybridized carbons (Fsp3) is 0.333. The number of rotatable bonds is 5. The molecule has 28 heavy (non-hydrogen) atoms. The van der Waals surface area contributed by atoms with Crippen molar-refractivity contribution in [1.82, 2.24) is 20.7 Å². The van der Waals surface area contributed by atoms with Crippen LogP contribution in [0.1, 0.15) is 10.4 Å². The molecule has 1 aromatic carbocycles. The number of nitrogens with zero attached hydrogens (tertiary/aromatic N) is 2. The molecule has 1 aliphatic rings. The molecular formula is C18H18ClF3N4O2. The monoisotopic (exact) mass is 414 g/mol. The van der Waals surface area contributed by atoms with Crippen molar-refractivity contribution in [1.29, 1.82) is 0 Å². The molecule has 6 nitrogen and oxygen atoms in total. The Morgan fingerprint density at radius 3 is 2.57 bits per heavy atom. The number of alkyl halides is 3. The lowest BCUT2D eigenvalue weighted by atomic mass is 10.1. The smallest absolute Gasteiger partial charge is 0.422 e. The second kappa shape index (κ2) is 8.76. The average Bonchev–Trinajstić information content (AvgIpc) is 2.67. The van der Waals surface area contributed by atoms with Gasteiger partial charge in [0, 0.05) is 43.0 Å². The van der Waals surface area contributed by atoms with Crippen molar-refractivity contribution >= 4 is 17.5 Å². The second-order valence-electron chi connectivity index (χ2n) is 6.17. The predicted octanol–water partition coefficient (Wildman–Crippen LogP) is 2.89. The molecule has 0 aliphatic carbocycles. The van der Waals surface area contributed by atoms with Crippen molar-refractivity contribution in [3.8, 4) is 17.0 Å². The van der Waals surface area contributed by atoms with Crippen LogP contribution in [0.3, 0.4) is 0 Å².